The van der Waals surface area contributed by atoms with Crippen molar-refractivity contribution in [2.24, 2.45) is 0 Å². The van der Waals surface area contributed by atoms with Crippen molar-refractivity contribution in [1.82, 2.24) is 4.90 Å². The summed E-state index contributed by atoms with van der Waals surface area (Å²) in [4.78, 5) is 2.76. The van der Waals surface area contributed by atoms with Crippen LogP contribution in [0.25, 0.3) is 0 Å². The number of nitrogens with zero attached hydrogens (tertiary/aromatic N) is 1. The van der Waals surface area contributed by atoms with E-state index in [4.69, 9.17) is 0 Å². The van der Waals surface area contributed by atoms with Crippen LogP contribution in [0.2, 0.25) is 0 Å². The summed E-state index contributed by atoms with van der Waals surface area (Å²) in [6, 6.07) is 0. The van der Waals surface area contributed by atoms with Crippen molar-refractivity contribution in [1.29, 1.82) is 0 Å². The van der Waals surface area contributed by atoms with Gasteiger partial charge in [-0.2, -0.15) is 0 Å². The fourth-order valence-electron chi connectivity index (χ4n) is 3.66. The molecule has 0 aliphatic heterocycles. The van der Waals surface area contributed by atoms with E-state index in [1.54, 1.807) is 0 Å². The second kappa shape index (κ2) is 22.0. The van der Waals surface area contributed by atoms with Gasteiger partial charge < -0.3 is 4.90 Å². The van der Waals surface area contributed by atoms with Gasteiger partial charge in [-0.15, -0.1) is 0 Å². The van der Waals surface area contributed by atoms with Crippen LogP contribution in [0.15, 0.2) is 0 Å². The van der Waals surface area contributed by atoms with Crippen LogP contribution in [-0.4, -0.2) is 24.5 Å². The molecule has 0 aliphatic rings. The zero-order chi connectivity index (χ0) is 18.4. The monoisotopic (exact) mass is 353 g/mol. The SMILES string of the molecule is CCCCCCCCCCN(CCCC)CCCCCCCCCC. The summed E-state index contributed by atoms with van der Waals surface area (Å²) in [5, 5.41) is 0. The van der Waals surface area contributed by atoms with Gasteiger partial charge >= 0.3 is 0 Å². The Morgan fingerprint density at radius 2 is 0.600 bits per heavy atom. The standard InChI is InChI=1S/C24H51N/c1-4-7-10-12-14-16-18-20-23-25(22-9-6-3)24-21-19-17-15-13-11-8-5-2/h4-24H2,1-3H3. The molecule has 0 unspecified atom stereocenters. The summed E-state index contributed by atoms with van der Waals surface area (Å²) < 4.78 is 0. The second-order valence-electron chi connectivity index (χ2n) is 8.14. The van der Waals surface area contributed by atoms with Crippen LogP contribution in [0.4, 0.5) is 0 Å². The largest absolute Gasteiger partial charge is 0.303 e. The Bertz CT molecular complexity index is 206. The smallest absolute Gasteiger partial charge is 0.00187 e. The van der Waals surface area contributed by atoms with Crippen molar-refractivity contribution in [3.8, 4) is 0 Å². The number of unbranched alkanes of at least 4 members (excludes halogenated alkanes) is 15. The average molecular weight is 354 g/mol. The molecule has 0 fully saturated rings. The van der Waals surface area contributed by atoms with Gasteiger partial charge in [0.05, 0.1) is 0 Å². The van der Waals surface area contributed by atoms with E-state index in [1.807, 2.05) is 0 Å². The lowest BCUT2D eigenvalue weighted by Gasteiger charge is -2.22. The molecule has 0 heterocycles. The minimum atomic E-state index is 1.34. The van der Waals surface area contributed by atoms with Crippen LogP contribution in [0.5, 0.6) is 0 Å². The molecule has 0 bridgehead atoms. The predicted molar refractivity (Wildman–Crippen MR) is 117 cm³/mol. The summed E-state index contributed by atoms with van der Waals surface area (Å²) in [5.41, 5.74) is 0. The Hall–Kier alpha value is -0.0400. The van der Waals surface area contributed by atoms with Gasteiger partial charge in [-0.3, -0.25) is 0 Å². The van der Waals surface area contributed by atoms with Gasteiger partial charge in [0.15, 0.2) is 0 Å². The first kappa shape index (κ1) is 25.0. The van der Waals surface area contributed by atoms with Gasteiger partial charge in [0.2, 0.25) is 0 Å². The third kappa shape index (κ3) is 20.1. The van der Waals surface area contributed by atoms with E-state index in [0.717, 1.165) is 0 Å². The van der Waals surface area contributed by atoms with E-state index in [9.17, 15) is 0 Å². The van der Waals surface area contributed by atoms with E-state index in [0.29, 0.717) is 0 Å². The van der Waals surface area contributed by atoms with Crippen molar-refractivity contribution < 1.29 is 0 Å². The van der Waals surface area contributed by atoms with Gasteiger partial charge in [-0.1, -0.05) is 117 Å². The van der Waals surface area contributed by atoms with Gasteiger partial charge in [0.1, 0.15) is 0 Å². The molecule has 1 nitrogen and oxygen atoms in total. The Balaban J connectivity index is 3.54. The summed E-state index contributed by atoms with van der Waals surface area (Å²) in [7, 11) is 0. The fourth-order valence-corrected chi connectivity index (χ4v) is 3.66. The molecular formula is C24H51N. The van der Waals surface area contributed by atoms with Crippen molar-refractivity contribution in [2.75, 3.05) is 19.6 Å². The maximum absolute atomic E-state index is 2.76. The lowest BCUT2D eigenvalue weighted by Crippen LogP contribution is -2.27. The van der Waals surface area contributed by atoms with E-state index in [1.165, 1.54) is 135 Å². The van der Waals surface area contributed by atoms with Crippen LogP contribution >= 0.6 is 0 Å². The maximum Gasteiger partial charge on any atom is -0.00187 e. The van der Waals surface area contributed by atoms with Gasteiger partial charge in [0, 0.05) is 0 Å². The molecule has 0 N–H and O–H groups in total. The number of hydrogen-bond acceptors (Lipinski definition) is 1. The van der Waals surface area contributed by atoms with Gasteiger partial charge in [-0.25, -0.2) is 0 Å². The molecule has 0 aromatic rings. The van der Waals surface area contributed by atoms with E-state index in [-0.39, 0.29) is 0 Å². The molecule has 1 heteroatoms. The Morgan fingerprint density at radius 3 is 0.960 bits per heavy atom. The van der Waals surface area contributed by atoms with Gasteiger partial charge in [-0.05, 0) is 38.9 Å². The molecule has 0 saturated heterocycles. The zero-order valence-corrected chi connectivity index (χ0v) is 18.3. The zero-order valence-electron chi connectivity index (χ0n) is 18.3. The molecule has 0 rings (SSSR count). The van der Waals surface area contributed by atoms with Crippen molar-refractivity contribution in [3.63, 3.8) is 0 Å². The fraction of sp³-hybridized carbons (Fsp3) is 1.00. The average Bonchev–Trinajstić information content (AvgIpc) is 2.63. The minimum Gasteiger partial charge on any atom is -0.303 e. The molecule has 0 amide bonds. The molecule has 0 aromatic carbocycles. The highest BCUT2D eigenvalue weighted by molar-refractivity contribution is 4.59. The predicted octanol–water partition coefficient (Wildman–Crippen LogP) is 8.37. The third-order valence-corrected chi connectivity index (χ3v) is 5.48. The third-order valence-electron chi connectivity index (χ3n) is 5.48. The van der Waals surface area contributed by atoms with Gasteiger partial charge in [0.25, 0.3) is 0 Å². The van der Waals surface area contributed by atoms with Crippen LogP contribution in [0.3, 0.4) is 0 Å². The highest BCUT2D eigenvalue weighted by Gasteiger charge is 2.04. The summed E-state index contributed by atoms with van der Waals surface area (Å²) in [6.45, 7) is 11.0. The highest BCUT2D eigenvalue weighted by atomic mass is 15.1. The van der Waals surface area contributed by atoms with Crippen LogP contribution < -0.4 is 0 Å². The Morgan fingerprint density at radius 1 is 0.320 bits per heavy atom. The van der Waals surface area contributed by atoms with E-state index in [2.05, 4.69) is 25.7 Å². The number of hydrogen-bond donors (Lipinski definition) is 0. The Labute approximate surface area is 161 Å². The minimum absolute atomic E-state index is 1.34. The molecule has 0 aliphatic carbocycles. The molecule has 152 valence electrons. The topological polar surface area (TPSA) is 3.24 Å². The molecule has 0 radical (unpaired) electrons. The summed E-state index contributed by atoms with van der Waals surface area (Å²) in [6.07, 6.45) is 25.8. The van der Waals surface area contributed by atoms with Crippen molar-refractivity contribution in [3.05, 3.63) is 0 Å². The van der Waals surface area contributed by atoms with Crippen LogP contribution in [0, 0.1) is 0 Å². The summed E-state index contributed by atoms with van der Waals surface area (Å²) in [5.74, 6) is 0. The molecular weight excluding hydrogens is 302 g/mol. The normalized spacial score (nSPS) is 11.5. The quantitative estimate of drug-likeness (QED) is 0.187. The molecule has 0 atom stereocenters. The van der Waals surface area contributed by atoms with E-state index >= 15 is 0 Å². The van der Waals surface area contributed by atoms with Crippen LogP contribution in [-0.2, 0) is 0 Å². The molecule has 25 heavy (non-hydrogen) atoms. The first-order chi connectivity index (χ1) is 12.3. The lowest BCUT2D eigenvalue weighted by atomic mass is 10.1. The van der Waals surface area contributed by atoms with Crippen molar-refractivity contribution in [2.45, 2.75) is 136 Å². The lowest BCUT2D eigenvalue weighted by molar-refractivity contribution is 0.256. The molecule has 0 spiro atoms. The van der Waals surface area contributed by atoms with E-state index < -0.39 is 0 Å². The molecule has 0 aromatic heterocycles. The number of rotatable bonds is 21. The molecule has 0 saturated carbocycles. The highest BCUT2D eigenvalue weighted by Crippen LogP contribution is 2.11. The second-order valence-corrected chi connectivity index (χ2v) is 8.14. The summed E-state index contributed by atoms with van der Waals surface area (Å²) >= 11 is 0. The first-order valence-electron chi connectivity index (χ1n) is 12.1. The van der Waals surface area contributed by atoms with Crippen LogP contribution in [0.1, 0.15) is 136 Å². The first-order valence-corrected chi connectivity index (χ1v) is 12.1. The Kier molecular flexibility index (Phi) is 22.0. The maximum atomic E-state index is 2.76. The van der Waals surface area contributed by atoms with Crippen molar-refractivity contribution >= 4 is 0 Å².